The van der Waals surface area contributed by atoms with E-state index in [-0.39, 0.29) is 0 Å². The van der Waals surface area contributed by atoms with Crippen LogP contribution >= 0.6 is 14.5 Å². The van der Waals surface area contributed by atoms with Gasteiger partial charge in [-0.3, -0.25) is 0 Å². The van der Waals surface area contributed by atoms with Crippen LogP contribution in [0.25, 0.3) is 0 Å². The Balaban J connectivity index is 1.66. The summed E-state index contributed by atoms with van der Waals surface area (Å²) < 4.78 is 86.1. The molecule has 0 aromatic heterocycles. The van der Waals surface area contributed by atoms with Crippen molar-refractivity contribution in [3.63, 3.8) is 0 Å². The van der Waals surface area contributed by atoms with Gasteiger partial charge in [0.25, 0.3) is 0 Å². The molecule has 6 rings (SSSR count). The Morgan fingerprint density at radius 3 is 0.812 bits per heavy atom. The van der Waals surface area contributed by atoms with Crippen molar-refractivity contribution in [2.45, 2.75) is 6.92 Å². The zero-order valence-electron chi connectivity index (χ0n) is 25.8. The zero-order chi connectivity index (χ0) is 33.9. The van der Waals surface area contributed by atoms with Crippen LogP contribution in [-0.4, -0.2) is 6.16 Å². The van der Waals surface area contributed by atoms with Crippen molar-refractivity contribution in [2.24, 2.45) is 0 Å². The fourth-order valence-corrected chi connectivity index (χ4v) is 14.6. The van der Waals surface area contributed by atoms with Crippen molar-refractivity contribution in [3.05, 3.63) is 192 Å². The molecule has 0 radical (unpaired) electrons. The van der Waals surface area contributed by atoms with Crippen LogP contribution in [-0.2, 0) is 0 Å². The SMILES string of the molecule is C/C(=C\[P+](c1ccc(F)cc1)(c1ccc(F)cc1)c1ccc(F)cc1)C[P+](c1ccc(F)cc1)(c1ccc(F)cc1)c1ccc(F)cc1. The highest BCUT2D eigenvalue weighted by Crippen LogP contribution is 2.61. The van der Waals surface area contributed by atoms with E-state index in [9.17, 15) is 26.3 Å². The van der Waals surface area contributed by atoms with E-state index in [0.29, 0.717) is 6.16 Å². The standard InChI is InChI=1S/C40H30F6P2/c1-28(26-47(35-14-2-29(41)3-15-35,36-16-4-30(42)5-17-36)37-18-6-31(43)7-19-37)27-48(38-20-8-32(44)9-21-38,39-22-10-33(45)11-23-39)40-24-12-34(46)13-25-40/h2-26H,27H2,1H3/q+2/b28-26+. The zero-order valence-corrected chi connectivity index (χ0v) is 27.6. The number of benzene rings is 6. The van der Waals surface area contributed by atoms with Gasteiger partial charge < -0.3 is 0 Å². The van der Waals surface area contributed by atoms with Crippen molar-refractivity contribution in [1.29, 1.82) is 0 Å². The largest absolute Gasteiger partial charge is 0.207 e. The molecule has 0 aliphatic heterocycles. The van der Waals surface area contributed by atoms with Gasteiger partial charge in [-0.1, -0.05) is 0 Å². The first kappa shape index (κ1) is 33.4. The first-order chi connectivity index (χ1) is 23.1. The third-order valence-electron chi connectivity index (χ3n) is 8.40. The van der Waals surface area contributed by atoms with Crippen LogP contribution in [0.4, 0.5) is 26.3 Å². The molecule has 0 nitrogen and oxygen atoms in total. The maximum Gasteiger partial charge on any atom is 0.137 e. The van der Waals surface area contributed by atoms with Crippen LogP contribution in [0.2, 0.25) is 0 Å². The molecular weight excluding hydrogens is 656 g/mol. The number of hydrogen-bond donors (Lipinski definition) is 0. The van der Waals surface area contributed by atoms with E-state index in [1.54, 1.807) is 72.8 Å². The molecule has 0 bridgehead atoms. The van der Waals surface area contributed by atoms with Crippen LogP contribution in [0, 0.1) is 34.9 Å². The Bertz CT molecular complexity index is 1800. The topological polar surface area (TPSA) is 0 Å². The van der Waals surface area contributed by atoms with E-state index < -0.39 is 49.4 Å². The molecular formula is C40H30F6P2+2. The fraction of sp³-hybridized carbons (Fsp3) is 0.0500. The molecule has 0 unspecified atom stereocenters. The highest BCUT2D eigenvalue weighted by molar-refractivity contribution is 7.98. The van der Waals surface area contributed by atoms with Crippen molar-refractivity contribution in [1.82, 2.24) is 0 Å². The first-order valence-corrected chi connectivity index (χ1v) is 19.0. The molecule has 240 valence electrons. The van der Waals surface area contributed by atoms with Crippen molar-refractivity contribution in [3.8, 4) is 0 Å². The van der Waals surface area contributed by atoms with E-state index >= 15 is 0 Å². The Kier molecular flexibility index (Phi) is 9.69. The lowest BCUT2D eigenvalue weighted by molar-refractivity contribution is 0.627. The summed E-state index contributed by atoms with van der Waals surface area (Å²) in [6.07, 6.45) is 0.376. The molecule has 48 heavy (non-hydrogen) atoms. The van der Waals surface area contributed by atoms with E-state index in [1.165, 1.54) is 72.8 Å². The summed E-state index contributed by atoms with van der Waals surface area (Å²) in [4.78, 5) is 0. The van der Waals surface area contributed by atoms with Crippen LogP contribution in [0.1, 0.15) is 6.92 Å². The monoisotopic (exact) mass is 686 g/mol. The summed E-state index contributed by atoms with van der Waals surface area (Å²) in [6, 6.07) is 36.9. The van der Waals surface area contributed by atoms with Crippen molar-refractivity contribution < 1.29 is 26.3 Å². The van der Waals surface area contributed by atoms with Crippen LogP contribution in [0.3, 0.4) is 0 Å². The van der Waals surface area contributed by atoms with Gasteiger partial charge in [-0.2, -0.15) is 0 Å². The molecule has 0 amide bonds. The average molecular weight is 687 g/mol. The number of rotatable bonds is 9. The minimum atomic E-state index is -2.88. The van der Waals surface area contributed by atoms with Gasteiger partial charge in [0.15, 0.2) is 0 Å². The Morgan fingerprint density at radius 1 is 0.375 bits per heavy atom. The normalized spacial score (nSPS) is 12.3. The molecule has 0 saturated heterocycles. The highest BCUT2D eigenvalue weighted by Gasteiger charge is 2.49. The van der Waals surface area contributed by atoms with Crippen LogP contribution in [0.15, 0.2) is 157 Å². The predicted octanol–water partition coefficient (Wildman–Crippen LogP) is 8.71. The highest BCUT2D eigenvalue weighted by atomic mass is 31.2. The summed E-state index contributed by atoms with van der Waals surface area (Å²) in [5, 5.41) is 4.67. The minimum absolute atomic E-state index is 0.376. The molecule has 6 aromatic carbocycles. The summed E-state index contributed by atoms with van der Waals surface area (Å²) in [5.74, 6) is -0.422. The first-order valence-electron chi connectivity index (χ1n) is 15.1. The molecule has 0 spiro atoms. The van der Waals surface area contributed by atoms with Crippen LogP contribution in [0.5, 0.6) is 0 Å². The van der Waals surface area contributed by atoms with Gasteiger partial charge in [0.1, 0.15) is 81.3 Å². The Morgan fingerprint density at radius 2 is 0.583 bits per heavy atom. The number of hydrogen-bond acceptors (Lipinski definition) is 0. The maximum absolute atomic E-state index is 14.3. The second-order valence-electron chi connectivity index (χ2n) is 11.5. The summed E-state index contributed by atoms with van der Waals surface area (Å²) in [5.41, 5.74) is 0.868. The van der Waals surface area contributed by atoms with Crippen molar-refractivity contribution >= 4 is 46.4 Å². The molecule has 0 fully saturated rings. The van der Waals surface area contributed by atoms with Gasteiger partial charge >= 0.3 is 0 Å². The summed E-state index contributed by atoms with van der Waals surface area (Å²) in [7, 11) is -5.66. The molecule has 6 aromatic rings. The van der Waals surface area contributed by atoms with Gasteiger partial charge in [0.05, 0.1) is 12.0 Å². The van der Waals surface area contributed by atoms with E-state index in [2.05, 4.69) is 5.82 Å². The number of allylic oxidation sites excluding steroid dienone is 1. The van der Waals surface area contributed by atoms with E-state index in [0.717, 1.165) is 37.4 Å². The number of halogens is 6. The minimum Gasteiger partial charge on any atom is -0.207 e. The van der Waals surface area contributed by atoms with Gasteiger partial charge in [-0.15, -0.1) is 0 Å². The maximum atomic E-state index is 14.3. The predicted molar refractivity (Wildman–Crippen MR) is 189 cm³/mol. The smallest absolute Gasteiger partial charge is 0.137 e. The van der Waals surface area contributed by atoms with E-state index in [4.69, 9.17) is 0 Å². The lowest BCUT2D eigenvalue weighted by Gasteiger charge is -2.29. The van der Waals surface area contributed by atoms with Crippen molar-refractivity contribution in [2.75, 3.05) is 6.16 Å². The van der Waals surface area contributed by atoms with Crippen LogP contribution < -0.4 is 31.8 Å². The molecule has 0 aliphatic carbocycles. The van der Waals surface area contributed by atoms with Gasteiger partial charge in [0, 0.05) is 5.57 Å². The van der Waals surface area contributed by atoms with Gasteiger partial charge in [-0.05, 0) is 153 Å². The molecule has 0 aliphatic rings. The van der Waals surface area contributed by atoms with Gasteiger partial charge in [0.2, 0.25) is 0 Å². The van der Waals surface area contributed by atoms with E-state index in [1.807, 2.05) is 6.92 Å². The molecule has 0 atom stereocenters. The second-order valence-corrected chi connectivity index (χ2v) is 18.3. The Hall–Kier alpha value is -4.50. The third-order valence-corrected chi connectivity index (χ3v) is 17.1. The second kappa shape index (κ2) is 13.9. The lowest BCUT2D eigenvalue weighted by Crippen LogP contribution is -2.34. The fourth-order valence-electron chi connectivity index (χ4n) is 6.25. The molecule has 0 saturated carbocycles. The lowest BCUT2D eigenvalue weighted by atomic mass is 10.3. The third kappa shape index (κ3) is 6.61. The average Bonchev–Trinajstić information content (AvgIpc) is 3.09. The summed E-state index contributed by atoms with van der Waals surface area (Å²) in [6.45, 7) is 1.96. The Labute approximate surface area is 277 Å². The summed E-state index contributed by atoms with van der Waals surface area (Å²) >= 11 is 0. The quantitative estimate of drug-likeness (QED) is 0.106. The molecule has 8 heteroatoms. The molecule has 0 heterocycles. The molecule has 0 N–H and O–H groups in total. The van der Waals surface area contributed by atoms with Gasteiger partial charge in [-0.25, -0.2) is 26.3 Å².